The lowest BCUT2D eigenvalue weighted by Gasteiger charge is -2.02. The molecule has 0 saturated carbocycles. The first kappa shape index (κ1) is 8.05. The third-order valence-electron chi connectivity index (χ3n) is 2.24. The first-order valence-electron chi connectivity index (χ1n) is 4.24. The zero-order valence-electron chi connectivity index (χ0n) is 7.70. The Bertz CT molecular complexity index is 463. The number of aryl methyl sites for hydroxylation is 2. The maximum absolute atomic E-state index is 9.26. The van der Waals surface area contributed by atoms with Gasteiger partial charge < -0.3 is 5.11 Å². The van der Waals surface area contributed by atoms with Crippen molar-refractivity contribution in [1.82, 2.24) is 4.98 Å². The monoisotopic (exact) mass is 173 g/mol. The Morgan fingerprint density at radius 2 is 1.92 bits per heavy atom. The molecule has 0 aliphatic rings. The van der Waals surface area contributed by atoms with Crippen molar-refractivity contribution in [1.29, 1.82) is 0 Å². The van der Waals surface area contributed by atoms with E-state index in [9.17, 15) is 5.11 Å². The third-order valence-corrected chi connectivity index (χ3v) is 2.24. The van der Waals surface area contributed by atoms with Gasteiger partial charge in [0.2, 0.25) is 0 Å². The molecule has 0 radical (unpaired) electrons. The van der Waals surface area contributed by atoms with Gasteiger partial charge in [-0.3, -0.25) is 4.98 Å². The van der Waals surface area contributed by atoms with Crippen LogP contribution in [0.1, 0.15) is 11.3 Å². The highest BCUT2D eigenvalue weighted by Crippen LogP contribution is 2.20. The number of aromatic hydroxyl groups is 1. The Morgan fingerprint density at radius 3 is 2.69 bits per heavy atom. The fourth-order valence-electron chi connectivity index (χ4n) is 1.37. The maximum Gasteiger partial charge on any atom is 0.116 e. The number of nitrogens with zero attached hydrogens (tertiary/aromatic N) is 1. The van der Waals surface area contributed by atoms with Crippen LogP contribution in [0.4, 0.5) is 0 Å². The van der Waals surface area contributed by atoms with Crippen LogP contribution in [0, 0.1) is 13.8 Å². The van der Waals surface area contributed by atoms with E-state index in [0.29, 0.717) is 0 Å². The number of phenolic OH excluding ortho intramolecular Hbond substituents is 1. The summed E-state index contributed by atoms with van der Waals surface area (Å²) in [5, 5.41) is 10.3. The number of pyridine rings is 1. The zero-order valence-corrected chi connectivity index (χ0v) is 7.70. The Labute approximate surface area is 76.9 Å². The summed E-state index contributed by atoms with van der Waals surface area (Å²) >= 11 is 0. The first-order valence-corrected chi connectivity index (χ1v) is 4.24. The van der Waals surface area contributed by atoms with Gasteiger partial charge in [0.05, 0.1) is 5.52 Å². The van der Waals surface area contributed by atoms with Gasteiger partial charge in [0.25, 0.3) is 0 Å². The van der Waals surface area contributed by atoms with Crippen molar-refractivity contribution in [2.24, 2.45) is 0 Å². The smallest absolute Gasteiger partial charge is 0.116 e. The van der Waals surface area contributed by atoms with Crippen LogP contribution in [0.2, 0.25) is 0 Å². The summed E-state index contributed by atoms with van der Waals surface area (Å²) in [5.74, 6) is 0.289. The first-order chi connectivity index (χ1) is 6.16. The van der Waals surface area contributed by atoms with Crippen LogP contribution in [0.5, 0.6) is 5.75 Å². The van der Waals surface area contributed by atoms with E-state index in [-0.39, 0.29) is 5.75 Å². The molecular weight excluding hydrogens is 162 g/mol. The molecule has 0 spiro atoms. The zero-order chi connectivity index (χ0) is 9.42. The van der Waals surface area contributed by atoms with Crippen molar-refractivity contribution >= 4 is 10.9 Å². The summed E-state index contributed by atoms with van der Waals surface area (Å²) in [7, 11) is 0. The molecule has 0 aliphatic carbocycles. The van der Waals surface area contributed by atoms with Gasteiger partial charge in [-0.15, -0.1) is 0 Å². The number of aromatic nitrogens is 1. The lowest BCUT2D eigenvalue weighted by molar-refractivity contribution is 0.476. The summed E-state index contributed by atoms with van der Waals surface area (Å²) in [6.07, 6.45) is 0. The summed E-state index contributed by atoms with van der Waals surface area (Å²) in [6.45, 7) is 4.01. The van der Waals surface area contributed by atoms with Crippen molar-refractivity contribution in [2.75, 3.05) is 0 Å². The quantitative estimate of drug-likeness (QED) is 0.664. The highest BCUT2D eigenvalue weighted by molar-refractivity contribution is 5.80. The number of benzene rings is 1. The molecule has 1 aromatic heterocycles. The van der Waals surface area contributed by atoms with Crippen LogP contribution in [0.3, 0.4) is 0 Å². The Balaban J connectivity index is 2.81. The molecule has 0 unspecified atom stereocenters. The molecule has 0 atom stereocenters. The van der Waals surface area contributed by atoms with Crippen LogP contribution in [-0.4, -0.2) is 10.1 Å². The molecule has 0 aliphatic heterocycles. The molecule has 0 amide bonds. The van der Waals surface area contributed by atoms with Crippen LogP contribution in [0.15, 0.2) is 24.3 Å². The molecule has 66 valence electrons. The molecule has 0 saturated heterocycles. The van der Waals surface area contributed by atoms with Gasteiger partial charge in [-0.05, 0) is 43.7 Å². The normalized spacial score (nSPS) is 10.6. The summed E-state index contributed by atoms with van der Waals surface area (Å²) in [4.78, 5) is 4.41. The second kappa shape index (κ2) is 2.73. The predicted molar refractivity (Wildman–Crippen MR) is 52.9 cm³/mol. The molecular formula is C11H11NO. The minimum atomic E-state index is 0.289. The Hall–Kier alpha value is -1.57. The van der Waals surface area contributed by atoms with Crippen LogP contribution in [-0.2, 0) is 0 Å². The lowest BCUT2D eigenvalue weighted by atomic mass is 10.1. The van der Waals surface area contributed by atoms with E-state index in [1.807, 2.05) is 26.0 Å². The molecule has 0 bridgehead atoms. The van der Waals surface area contributed by atoms with Gasteiger partial charge in [-0.2, -0.15) is 0 Å². The molecule has 2 heteroatoms. The molecule has 2 rings (SSSR count). The van der Waals surface area contributed by atoms with E-state index in [1.165, 1.54) is 0 Å². The average molecular weight is 173 g/mol. The molecule has 2 nitrogen and oxygen atoms in total. The van der Waals surface area contributed by atoms with Gasteiger partial charge in [0, 0.05) is 11.1 Å². The topological polar surface area (TPSA) is 33.1 Å². The van der Waals surface area contributed by atoms with Gasteiger partial charge >= 0.3 is 0 Å². The fraction of sp³-hybridized carbons (Fsp3) is 0.182. The van der Waals surface area contributed by atoms with E-state index < -0.39 is 0 Å². The lowest BCUT2D eigenvalue weighted by Crippen LogP contribution is -1.87. The Morgan fingerprint density at radius 1 is 1.15 bits per heavy atom. The average Bonchev–Trinajstić information content (AvgIpc) is 2.08. The summed E-state index contributed by atoms with van der Waals surface area (Å²) in [6, 6.07) is 7.26. The second-order valence-electron chi connectivity index (χ2n) is 3.27. The fourth-order valence-corrected chi connectivity index (χ4v) is 1.37. The summed E-state index contributed by atoms with van der Waals surface area (Å²) in [5.41, 5.74) is 3.12. The molecule has 1 N–H and O–H groups in total. The number of hydrogen-bond acceptors (Lipinski definition) is 2. The number of phenols is 1. The van der Waals surface area contributed by atoms with E-state index in [2.05, 4.69) is 4.98 Å². The molecule has 2 aromatic rings. The van der Waals surface area contributed by atoms with Crippen LogP contribution in [0.25, 0.3) is 10.9 Å². The van der Waals surface area contributed by atoms with Crippen molar-refractivity contribution < 1.29 is 5.11 Å². The number of rotatable bonds is 0. The maximum atomic E-state index is 9.26. The number of fused-ring (bicyclic) bond motifs is 1. The van der Waals surface area contributed by atoms with Crippen molar-refractivity contribution in [3.63, 3.8) is 0 Å². The van der Waals surface area contributed by atoms with Gasteiger partial charge in [-0.25, -0.2) is 0 Å². The van der Waals surface area contributed by atoms with Crippen LogP contribution < -0.4 is 0 Å². The highest BCUT2D eigenvalue weighted by atomic mass is 16.3. The van der Waals surface area contributed by atoms with Gasteiger partial charge in [-0.1, -0.05) is 0 Å². The molecule has 1 heterocycles. The van der Waals surface area contributed by atoms with Crippen molar-refractivity contribution in [3.05, 3.63) is 35.5 Å². The SMILES string of the molecule is Cc1cc2cc(O)ccc2nc1C. The molecule has 1 aromatic carbocycles. The van der Waals surface area contributed by atoms with Crippen molar-refractivity contribution in [2.45, 2.75) is 13.8 Å². The van der Waals surface area contributed by atoms with Crippen molar-refractivity contribution in [3.8, 4) is 5.75 Å². The molecule has 13 heavy (non-hydrogen) atoms. The van der Waals surface area contributed by atoms with Gasteiger partial charge in [0.15, 0.2) is 0 Å². The summed E-state index contributed by atoms with van der Waals surface area (Å²) < 4.78 is 0. The second-order valence-corrected chi connectivity index (χ2v) is 3.27. The van der Waals surface area contributed by atoms with E-state index in [1.54, 1.807) is 12.1 Å². The Kier molecular flexibility index (Phi) is 1.69. The van der Waals surface area contributed by atoms with E-state index in [4.69, 9.17) is 0 Å². The third kappa shape index (κ3) is 1.35. The largest absolute Gasteiger partial charge is 0.508 e. The minimum Gasteiger partial charge on any atom is -0.508 e. The predicted octanol–water partition coefficient (Wildman–Crippen LogP) is 2.56. The number of hydrogen-bond donors (Lipinski definition) is 1. The van der Waals surface area contributed by atoms with Gasteiger partial charge in [0.1, 0.15) is 5.75 Å². The highest BCUT2D eigenvalue weighted by Gasteiger charge is 1.99. The minimum absolute atomic E-state index is 0.289. The van der Waals surface area contributed by atoms with E-state index >= 15 is 0 Å². The standard InChI is InChI=1S/C11H11NO/c1-7-5-9-6-10(13)3-4-11(9)12-8(7)2/h3-6,13H,1-2H3. The van der Waals surface area contributed by atoms with Crippen LogP contribution >= 0.6 is 0 Å². The molecule has 0 fully saturated rings. The van der Waals surface area contributed by atoms with E-state index in [0.717, 1.165) is 22.2 Å².